The van der Waals surface area contributed by atoms with Crippen LogP contribution >= 0.6 is 23.2 Å². The molecule has 19 heavy (non-hydrogen) atoms. The molecule has 1 unspecified atom stereocenters. The lowest BCUT2D eigenvalue weighted by atomic mass is 9.98. The van der Waals surface area contributed by atoms with Gasteiger partial charge in [-0.05, 0) is 37.2 Å². The molecule has 0 bridgehead atoms. The first-order valence-electron chi connectivity index (χ1n) is 5.98. The largest absolute Gasteiger partial charge is 0.313 e. The van der Waals surface area contributed by atoms with Crippen LogP contribution in [0.4, 0.5) is 4.39 Å². The average Bonchev–Trinajstić information content (AvgIpc) is 2.40. The van der Waals surface area contributed by atoms with Crippen molar-refractivity contribution >= 4 is 23.2 Å². The Morgan fingerprint density at radius 3 is 2.37 bits per heavy atom. The molecule has 0 amide bonds. The second kappa shape index (κ2) is 6.38. The molecule has 0 aromatic heterocycles. The lowest BCUT2D eigenvalue weighted by Gasteiger charge is -2.19. The highest BCUT2D eigenvalue weighted by molar-refractivity contribution is 6.31. The molecule has 0 heterocycles. The van der Waals surface area contributed by atoms with Crippen molar-refractivity contribution in [1.82, 2.24) is 5.32 Å². The smallest absolute Gasteiger partial charge is 0.127 e. The Labute approximate surface area is 122 Å². The van der Waals surface area contributed by atoms with E-state index < -0.39 is 0 Å². The van der Waals surface area contributed by atoms with Gasteiger partial charge in [0.05, 0.1) is 0 Å². The normalized spacial score (nSPS) is 12.4. The lowest BCUT2D eigenvalue weighted by Crippen LogP contribution is -2.20. The fourth-order valence-electron chi connectivity index (χ4n) is 2.06. The van der Waals surface area contributed by atoms with Crippen LogP contribution in [-0.4, -0.2) is 7.05 Å². The van der Waals surface area contributed by atoms with E-state index in [-0.39, 0.29) is 11.9 Å². The predicted octanol–water partition coefficient (Wildman–Crippen LogP) is 4.64. The summed E-state index contributed by atoms with van der Waals surface area (Å²) in [6.45, 7) is 0. The number of hydrogen-bond acceptors (Lipinski definition) is 1. The van der Waals surface area contributed by atoms with Crippen molar-refractivity contribution in [2.24, 2.45) is 0 Å². The van der Waals surface area contributed by atoms with E-state index in [2.05, 4.69) is 5.32 Å². The minimum Gasteiger partial charge on any atom is -0.313 e. The highest BCUT2D eigenvalue weighted by Crippen LogP contribution is 2.29. The number of rotatable bonds is 4. The van der Waals surface area contributed by atoms with E-state index in [1.165, 1.54) is 6.07 Å². The third-order valence-corrected chi connectivity index (χ3v) is 3.80. The van der Waals surface area contributed by atoms with Crippen LogP contribution in [0.1, 0.15) is 17.2 Å². The summed E-state index contributed by atoms with van der Waals surface area (Å²) in [6.07, 6.45) is 0.450. The quantitative estimate of drug-likeness (QED) is 0.867. The van der Waals surface area contributed by atoms with Gasteiger partial charge >= 0.3 is 0 Å². The summed E-state index contributed by atoms with van der Waals surface area (Å²) < 4.78 is 13.8. The van der Waals surface area contributed by atoms with Gasteiger partial charge in [-0.3, -0.25) is 0 Å². The van der Waals surface area contributed by atoms with Gasteiger partial charge in [0, 0.05) is 21.7 Å². The molecule has 100 valence electrons. The van der Waals surface area contributed by atoms with Crippen molar-refractivity contribution in [2.45, 2.75) is 12.5 Å². The van der Waals surface area contributed by atoms with E-state index >= 15 is 0 Å². The summed E-state index contributed by atoms with van der Waals surface area (Å²) in [6, 6.07) is 12.2. The SMILES string of the molecule is CNC(Cc1c(F)cccc1Cl)c1ccccc1Cl. The summed E-state index contributed by atoms with van der Waals surface area (Å²) in [5, 5.41) is 4.25. The molecule has 1 N–H and O–H groups in total. The Kier molecular flexibility index (Phi) is 4.81. The third-order valence-electron chi connectivity index (χ3n) is 3.10. The maximum atomic E-state index is 13.8. The van der Waals surface area contributed by atoms with Crippen LogP contribution in [-0.2, 0) is 6.42 Å². The van der Waals surface area contributed by atoms with Gasteiger partial charge in [0.25, 0.3) is 0 Å². The Morgan fingerprint density at radius 2 is 1.74 bits per heavy atom. The monoisotopic (exact) mass is 297 g/mol. The molecule has 0 spiro atoms. The van der Waals surface area contributed by atoms with Crippen molar-refractivity contribution in [3.8, 4) is 0 Å². The summed E-state index contributed by atoms with van der Waals surface area (Å²) in [7, 11) is 1.82. The molecule has 0 fully saturated rings. The van der Waals surface area contributed by atoms with Gasteiger partial charge < -0.3 is 5.32 Å². The maximum absolute atomic E-state index is 13.8. The van der Waals surface area contributed by atoms with Crippen molar-refractivity contribution in [3.63, 3.8) is 0 Å². The minimum absolute atomic E-state index is 0.0805. The zero-order chi connectivity index (χ0) is 13.8. The van der Waals surface area contributed by atoms with Gasteiger partial charge in [0.15, 0.2) is 0 Å². The molecular formula is C15H14Cl2FN. The van der Waals surface area contributed by atoms with Crippen molar-refractivity contribution in [1.29, 1.82) is 0 Å². The van der Waals surface area contributed by atoms with Gasteiger partial charge in [-0.1, -0.05) is 47.5 Å². The van der Waals surface area contributed by atoms with E-state index in [4.69, 9.17) is 23.2 Å². The Balaban J connectivity index is 2.32. The Morgan fingerprint density at radius 1 is 1.05 bits per heavy atom. The van der Waals surface area contributed by atoms with Gasteiger partial charge in [-0.15, -0.1) is 0 Å². The minimum atomic E-state index is -0.292. The Hall–Kier alpha value is -1.09. The molecule has 0 radical (unpaired) electrons. The fraction of sp³-hybridized carbons (Fsp3) is 0.200. The maximum Gasteiger partial charge on any atom is 0.127 e. The van der Waals surface area contributed by atoms with Crippen LogP contribution in [0, 0.1) is 5.82 Å². The van der Waals surface area contributed by atoms with E-state index in [9.17, 15) is 4.39 Å². The van der Waals surface area contributed by atoms with E-state index in [0.717, 1.165) is 5.56 Å². The van der Waals surface area contributed by atoms with Gasteiger partial charge in [-0.2, -0.15) is 0 Å². The average molecular weight is 298 g/mol. The van der Waals surface area contributed by atoms with Crippen LogP contribution in [0.2, 0.25) is 10.0 Å². The Bertz CT molecular complexity index is 552. The van der Waals surface area contributed by atoms with Crippen LogP contribution in [0.3, 0.4) is 0 Å². The first-order valence-corrected chi connectivity index (χ1v) is 6.73. The number of halogens is 3. The van der Waals surface area contributed by atoms with Crippen molar-refractivity contribution < 1.29 is 4.39 Å². The molecule has 0 saturated carbocycles. The number of benzene rings is 2. The van der Waals surface area contributed by atoms with Crippen LogP contribution < -0.4 is 5.32 Å². The van der Waals surface area contributed by atoms with E-state index in [1.54, 1.807) is 12.1 Å². The summed E-state index contributed by atoms with van der Waals surface area (Å²) >= 11 is 12.2. The molecule has 0 aliphatic carbocycles. The van der Waals surface area contributed by atoms with Crippen LogP contribution in [0.25, 0.3) is 0 Å². The van der Waals surface area contributed by atoms with E-state index in [0.29, 0.717) is 22.0 Å². The lowest BCUT2D eigenvalue weighted by molar-refractivity contribution is 0.554. The molecule has 2 rings (SSSR count). The molecule has 4 heteroatoms. The standard InChI is InChI=1S/C15H14Cl2FN/c1-19-15(10-5-2-3-6-12(10)16)9-11-13(17)7-4-8-14(11)18/h2-8,15,19H,9H2,1H3. The van der Waals surface area contributed by atoms with E-state index in [1.807, 2.05) is 31.3 Å². The fourth-order valence-corrected chi connectivity index (χ4v) is 2.56. The van der Waals surface area contributed by atoms with Crippen molar-refractivity contribution in [3.05, 3.63) is 69.5 Å². The van der Waals surface area contributed by atoms with Crippen molar-refractivity contribution in [2.75, 3.05) is 7.05 Å². The summed E-state index contributed by atoms with van der Waals surface area (Å²) in [5.41, 5.74) is 1.44. The number of hydrogen-bond donors (Lipinski definition) is 1. The molecule has 2 aromatic carbocycles. The van der Waals surface area contributed by atoms with Gasteiger partial charge in [0.2, 0.25) is 0 Å². The highest BCUT2D eigenvalue weighted by Gasteiger charge is 2.17. The molecular weight excluding hydrogens is 284 g/mol. The first-order chi connectivity index (χ1) is 9.13. The molecule has 0 aliphatic rings. The summed E-state index contributed by atoms with van der Waals surface area (Å²) in [5.74, 6) is -0.292. The molecule has 0 aliphatic heterocycles. The molecule has 1 nitrogen and oxygen atoms in total. The molecule has 0 saturated heterocycles. The topological polar surface area (TPSA) is 12.0 Å². The second-order valence-electron chi connectivity index (χ2n) is 4.27. The van der Waals surface area contributed by atoms with Crippen LogP contribution in [0.5, 0.6) is 0 Å². The van der Waals surface area contributed by atoms with Crippen LogP contribution in [0.15, 0.2) is 42.5 Å². The number of nitrogens with one attached hydrogen (secondary N) is 1. The summed E-state index contributed by atoms with van der Waals surface area (Å²) in [4.78, 5) is 0. The molecule has 2 aromatic rings. The third kappa shape index (κ3) is 3.27. The zero-order valence-corrected chi connectivity index (χ0v) is 12.0. The van der Waals surface area contributed by atoms with Gasteiger partial charge in [-0.25, -0.2) is 4.39 Å². The number of likely N-dealkylation sites (N-methyl/N-ethyl adjacent to an activating group) is 1. The molecule has 1 atom stereocenters. The van der Waals surface area contributed by atoms with Gasteiger partial charge in [0.1, 0.15) is 5.82 Å². The second-order valence-corrected chi connectivity index (χ2v) is 5.08. The highest BCUT2D eigenvalue weighted by atomic mass is 35.5. The zero-order valence-electron chi connectivity index (χ0n) is 10.5. The first kappa shape index (κ1) is 14.3. The predicted molar refractivity (Wildman–Crippen MR) is 78.4 cm³/mol.